The van der Waals surface area contributed by atoms with Gasteiger partial charge in [0.2, 0.25) is 0 Å². The van der Waals surface area contributed by atoms with Crippen LogP contribution in [0, 0.1) is 6.92 Å². The van der Waals surface area contributed by atoms with Gasteiger partial charge < -0.3 is 10.1 Å². The molecule has 110 valence electrons. The predicted molar refractivity (Wildman–Crippen MR) is 85.8 cm³/mol. The molecule has 1 aliphatic carbocycles. The minimum atomic E-state index is 0.605. The molecule has 0 unspecified atom stereocenters. The first-order valence-corrected chi connectivity index (χ1v) is 7.59. The van der Waals surface area contributed by atoms with Crippen LogP contribution in [-0.4, -0.2) is 18.1 Å². The molecule has 0 radical (unpaired) electrons. The van der Waals surface area contributed by atoms with E-state index in [1.165, 1.54) is 18.4 Å². The smallest absolute Gasteiger partial charge is 0.137 e. The molecule has 1 saturated carbocycles. The number of nitrogens with zero attached hydrogens (tertiary/aromatic N) is 1. The van der Waals surface area contributed by atoms with E-state index in [1.54, 1.807) is 7.11 Å². The molecule has 3 nitrogen and oxygen atoms in total. The molecule has 3 rings (SSSR count). The highest BCUT2D eigenvalue weighted by Crippen LogP contribution is 2.29. The summed E-state index contributed by atoms with van der Waals surface area (Å²) in [5, 5.41) is 4.12. The van der Waals surface area contributed by atoms with E-state index in [9.17, 15) is 0 Å². The molecular weight excluding hydrogens is 284 g/mol. The van der Waals surface area contributed by atoms with Crippen molar-refractivity contribution in [1.29, 1.82) is 0 Å². The molecule has 0 amide bonds. The van der Waals surface area contributed by atoms with Crippen LogP contribution in [0.4, 0.5) is 0 Å². The summed E-state index contributed by atoms with van der Waals surface area (Å²) >= 11 is 6.18. The van der Waals surface area contributed by atoms with E-state index in [4.69, 9.17) is 21.3 Å². The number of halogens is 1. The summed E-state index contributed by atoms with van der Waals surface area (Å²) in [5.74, 6) is 0.683. The number of aromatic nitrogens is 1. The van der Waals surface area contributed by atoms with E-state index >= 15 is 0 Å². The Labute approximate surface area is 130 Å². The quantitative estimate of drug-likeness (QED) is 0.907. The number of aryl methyl sites for hydroxylation is 1. The van der Waals surface area contributed by atoms with Gasteiger partial charge in [-0.2, -0.15) is 0 Å². The molecule has 0 bridgehead atoms. The first-order valence-electron chi connectivity index (χ1n) is 7.21. The Balaban J connectivity index is 1.81. The Morgan fingerprint density at radius 2 is 2.10 bits per heavy atom. The van der Waals surface area contributed by atoms with Crippen LogP contribution in [0.15, 0.2) is 30.3 Å². The van der Waals surface area contributed by atoms with E-state index in [2.05, 4.69) is 24.4 Å². The van der Waals surface area contributed by atoms with Crippen LogP contribution < -0.4 is 10.1 Å². The van der Waals surface area contributed by atoms with Gasteiger partial charge in [-0.1, -0.05) is 17.7 Å². The van der Waals surface area contributed by atoms with Gasteiger partial charge in [-0.15, -0.1) is 0 Å². The number of hydrogen-bond acceptors (Lipinski definition) is 3. The fourth-order valence-corrected chi connectivity index (χ4v) is 2.56. The maximum atomic E-state index is 6.18. The highest BCUT2D eigenvalue weighted by atomic mass is 35.5. The minimum absolute atomic E-state index is 0.605. The molecule has 0 aliphatic heterocycles. The number of benzene rings is 1. The molecule has 1 N–H and O–H groups in total. The maximum absolute atomic E-state index is 6.18. The van der Waals surface area contributed by atoms with Crippen LogP contribution in [0.25, 0.3) is 11.3 Å². The van der Waals surface area contributed by atoms with E-state index in [-0.39, 0.29) is 0 Å². The number of hydrogen-bond donors (Lipinski definition) is 1. The third-order valence-corrected chi connectivity index (χ3v) is 4.10. The van der Waals surface area contributed by atoms with Crippen molar-refractivity contribution in [2.24, 2.45) is 0 Å². The average Bonchev–Trinajstić information content (AvgIpc) is 3.30. The largest absolute Gasteiger partial charge is 0.495 e. The minimum Gasteiger partial charge on any atom is -0.495 e. The van der Waals surface area contributed by atoms with Gasteiger partial charge in [0.1, 0.15) is 5.75 Å². The van der Waals surface area contributed by atoms with Crippen molar-refractivity contribution in [3.05, 3.63) is 46.6 Å². The summed E-state index contributed by atoms with van der Waals surface area (Å²) in [7, 11) is 1.62. The van der Waals surface area contributed by atoms with Gasteiger partial charge >= 0.3 is 0 Å². The zero-order valence-corrected chi connectivity index (χ0v) is 13.1. The van der Waals surface area contributed by atoms with Crippen LogP contribution in [-0.2, 0) is 6.54 Å². The molecular formula is C17H19ClN2O. The lowest BCUT2D eigenvalue weighted by atomic mass is 10.1. The van der Waals surface area contributed by atoms with E-state index < -0.39 is 0 Å². The van der Waals surface area contributed by atoms with Crippen molar-refractivity contribution in [2.75, 3.05) is 7.11 Å². The van der Waals surface area contributed by atoms with Crippen molar-refractivity contribution in [1.82, 2.24) is 10.3 Å². The fraction of sp³-hybridized carbons (Fsp3) is 0.353. The zero-order chi connectivity index (χ0) is 14.8. The topological polar surface area (TPSA) is 34.1 Å². The van der Waals surface area contributed by atoms with Gasteiger partial charge in [-0.25, -0.2) is 0 Å². The number of methoxy groups -OCH3 is 1. The lowest BCUT2D eigenvalue weighted by Gasteiger charge is -2.10. The van der Waals surface area contributed by atoms with Crippen molar-refractivity contribution in [3.63, 3.8) is 0 Å². The van der Waals surface area contributed by atoms with Gasteiger partial charge in [0, 0.05) is 23.8 Å². The van der Waals surface area contributed by atoms with E-state index in [0.717, 1.165) is 23.5 Å². The molecule has 1 fully saturated rings. The molecule has 2 aromatic rings. The van der Waals surface area contributed by atoms with Crippen molar-refractivity contribution in [2.45, 2.75) is 32.4 Å². The lowest BCUT2D eigenvalue weighted by Crippen LogP contribution is -2.16. The Hall–Kier alpha value is -1.58. The molecule has 1 aromatic heterocycles. The molecule has 1 aliphatic rings. The monoisotopic (exact) mass is 302 g/mol. The van der Waals surface area contributed by atoms with Crippen LogP contribution in [0.2, 0.25) is 5.02 Å². The Morgan fingerprint density at radius 1 is 1.29 bits per heavy atom. The summed E-state index contributed by atoms with van der Waals surface area (Å²) in [5.41, 5.74) is 4.26. The predicted octanol–water partition coefficient (Wildman–Crippen LogP) is 3.97. The number of rotatable bonds is 5. The second-order valence-electron chi connectivity index (χ2n) is 5.45. The van der Waals surface area contributed by atoms with Crippen LogP contribution >= 0.6 is 11.6 Å². The average molecular weight is 303 g/mol. The molecule has 0 spiro atoms. The summed E-state index contributed by atoms with van der Waals surface area (Å²) in [6, 6.07) is 10.7. The van der Waals surface area contributed by atoms with Gasteiger partial charge in [0.15, 0.2) is 0 Å². The summed E-state index contributed by atoms with van der Waals surface area (Å²) in [6.45, 7) is 2.95. The summed E-state index contributed by atoms with van der Waals surface area (Å²) < 4.78 is 5.18. The molecule has 0 saturated heterocycles. The number of pyridine rings is 1. The molecule has 21 heavy (non-hydrogen) atoms. The SMILES string of the molecule is COc1ccc(-c2ccc(CNC3CC3)c(C)n2)cc1Cl. The van der Waals surface area contributed by atoms with Crippen molar-refractivity contribution in [3.8, 4) is 17.0 Å². The molecule has 1 heterocycles. The summed E-state index contributed by atoms with van der Waals surface area (Å²) in [4.78, 5) is 4.70. The second kappa shape index (κ2) is 6.04. The summed E-state index contributed by atoms with van der Waals surface area (Å²) in [6.07, 6.45) is 2.60. The van der Waals surface area contributed by atoms with Crippen LogP contribution in [0.5, 0.6) is 5.75 Å². The maximum Gasteiger partial charge on any atom is 0.137 e. The van der Waals surface area contributed by atoms with E-state index in [1.807, 2.05) is 18.2 Å². The molecule has 4 heteroatoms. The Kier molecular flexibility index (Phi) is 4.13. The van der Waals surface area contributed by atoms with Gasteiger partial charge in [-0.3, -0.25) is 4.98 Å². The highest BCUT2D eigenvalue weighted by molar-refractivity contribution is 6.32. The first kappa shape index (κ1) is 14.4. The Bertz CT molecular complexity index is 653. The van der Waals surface area contributed by atoms with E-state index in [0.29, 0.717) is 16.8 Å². The van der Waals surface area contributed by atoms with Crippen LogP contribution in [0.3, 0.4) is 0 Å². The third-order valence-electron chi connectivity index (χ3n) is 3.80. The fourth-order valence-electron chi connectivity index (χ4n) is 2.30. The van der Waals surface area contributed by atoms with Crippen molar-refractivity contribution < 1.29 is 4.74 Å². The lowest BCUT2D eigenvalue weighted by molar-refractivity contribution is 0.415. The Morgan fingerprint density at radius 3 is 2.71 bits per heavy atom. The van der Waals surface area contributed by atoms with Gasteiger partial charge in [0.05, 0.1) is 17.8 Å². The second-order valence-corrected chi connectivity index (χ2v) is 5.85. The van der Waals surface area contributed by atoms with Gasteiger partial charge in [-0.05, 0) is 49.6 Å². The molecule has 1 aromatic carbocycles. The highest BCUT2D eigenvalue weighted by Gasteiger charge is 2.20. The third kappa shape index (κ3) is 3.36. The van der Waals surface area contributed by atoms with Crippen molar-refractivity contribution >= 4 is 11.6 Å². The molecule has 0 atom stereocenters. The normalized spacial score (nSPS) is 14.2. The first-order chi connectivity index (χ1) is 10.2. The number of ether oxygens (including phenoxy) is 1. The van der Waals surface area contributed by atoms with Gasteiger partial charge in [0.25, 0.3) is 0 Å². The number of nitrogens with one attached hydrogen (secondary N) is 1. The zero-order valence-electron chi connectivity index (χ0n) is 12.3. The standard InChI is InChI=1S/C17H19ClN2O/c1-11-13(10-19-14-5-6-14)3-7-16(20-11)12-4-8-17(21-2)15(18)9-12/h3-4,7-9,14,19H,5-6,10H2,1-2H3. The van der Waals surface area contributed by atoms with Crippen LogP contribution in [0.1, 0.15) is 24.1 Å².